The monoisotopic (exact) mass is 262 g/mol. The van der Waals surface area contributed by atoms with E-state index < -0.39 is 0 Å². The molecule has 0 atom stereocenters. The predicted octanol–water partition coefficient (Wildman–Crippen LogP) is 2.15. The Morgan fingerprint density at radius 2 is 2.00 bits per heavy atom. The zero-order valence-electron chi connectivity index (χ0n) is 12.5. The van der Waals surface area contributed by atoms with Crippen molar-refractivity contribution >= 4 is 0 Å². The van der Waals surface area contributed by atoms with E-state index in [4.69, 9.17) is 4.74 Å². The average molecular weight is 262 g/mol. The molecule has 1 N–H and O–H groups in total. The highest BCUT2D eigenvalue weighted by molar-refractivity contribution is 5.43. The van der Waals surface area contributed by atoms with Gasteiger partial charge < -0.3 is 15.0 Å². The van der Waals surface area contributed by atoms with Crippen molar-refractivity contribution in [1.29, 1.82) is 0 Å². The lowest BCUT2D eigenvalue weighted by atomic mass is 10.00. The highest BCUT2D eigenvalue weighted by Gasteiger charge is 2.11. The van der Waals surface area contributed by atoms with Gasteiger partial charge in [-0.1, -0.05) is 6.07 Å². The Morgan fingerprint density at radius 3 is 2.79 bits per heavy atom. The Balaban J connectivity index is 1.97. The highest BCUT2D eigenvalue weighted by atomic mass is 16.5. The first-order valence-electron chi connectivity index (χ1n) is 7.28. The van der Waals surface area contributed by atoms with Gasteiger partial charge in [0.25, 0.3) is 0 Å². The SMILES string of the molecule is COc1ccc(CCN2CCCNCC2)c(C)c1C. The zero-order chi connectivity index (χ0) is 13.7. The van der Waals surface area contributed by atoms with Crippen LogP contribution in [0.1, 0.15) is 23.1 Å². The molecule has 1 saturated heterocycles. The number of nitrogens with zero attached hydrogens (tertiary/aromatic N) is 1. The second-order valence-electron chi connectivity index (χ2n) is 5.37. The van der Waals surface area contributed by atoms with Gasteiger partial charge in [0.1, 0.15) is 5.75 Å². The third-order valence-corrected chi connectivity index (χ3v) is 4.20. The van der Waals surface area contributed by atoms with Crippen LogP contribution in [-0.2, 0) is 6.42 Å². The fourth-order valence-electron chi connectivity index (χ4n) is 2.75. The molecule has 106 valence electrons. The largest absolute Gasteiger partial charge is 0.496 e. The fourth-order valence-corrected chi connectivity index (χ4v) is 2.75. The average Bonchev–Trinajstić information content (AvgIpc) is 2.69. The number of hydrogen-bond donors (Lipinski definition) is 1. The van der Waals surface area contributed by atoms with Crippen LogP contribution in [0.5, 0.6) is 5.75 Å². The molecular weight excluding hydrogens is 236 g/mol. The summed E-state index contributed by atoms with van der Waals surface area (Å²) in [6.45, 7) is 10.2. The van der Waals surface area contributed by atoms with Gasteiger partial charge in [-0.15, -0.1) is 0 Å². The molecule has 1 aromatic rings. The van der Waals surface area contributed by atoms with Gasteiger partial charge >= 0.3 is 0 Å². The summed E-state index contributed by atoms with van der Waals surface area (Å²) in [6, 6.07) is 4.32. The minimum Gasteiger partial charge on any atom is -0.496 e. The van der Waals surface area contributed by atoms with Crippen molar-refractivity contribution in [3.05, 3.63) is 28.8 Å². The first-order chi connectivity index (χ1) is 9.22. The maximum Gasteiger partial charge on any atom is 0.122 e. The quantitative estimate of drug-likeness (QED) is 0.900. The number of benzene rings is 1. The van der Waals surface area contributed by atoms with E-state index in [-0.39, 0.29) is 0 Å². The summed E-state index contributed by atoms with van der Waals surface area (Å²) in [4.78, 5) is 2.57. The van der Waals surface area contributed by atoms with Crippen molar-refractivity contribution in [2.75, 3.05) is 39.8 Å². The molecule has 1 aromatic carbocycles. The Morgan fingerprint density at radius 1 is 1.16 bits per heavy atom. The second-order valence-corrected chi connectivity index (χ2v) is 5.37. The van der Waals surface area contributed by atoms with Crippen LogP contribution < -0.4 is 10.1 Å². The second kappa shape index (κ2) is 6.92. The molecule has 0 spiro atoms. The molecule has 0 radical (unpaired) electrons. The smallest absolute Gasteiger partial charge is 0.122 e. The lowest BCUT2D eigenvalue weighted by Gasteiger charge is -2.20. The van der Waals surface area contributed by atoms with E-state index in [1.807, 2.05) is 0 Å². The number of methoxy groups -OCH3 is 1. The van der Waals surface area contributed by atoms with Crippen molar-refractivity contribution < 1.29 is 4.74 Å². The number of nitrogens with one attached hydrogen (secondary N) is 1. The molecule has 0 amide bonds. The Kier molecular flexibility index (Phi) is 5.23. The van der Waals surface area contributed by atoms with Crippen molar-refractivity contribution in [3.63, 3.8) is 0 Å². The van der Waals surface area contributed by atoms with Crippen LogP contribution >= 0.6 is 0 Å². The summed E-state index contributed by atoms with van der Waals surface area (Å²) in [5, 5.41) is 3.45. The lowest BCUT2D eigenvalue weighted by molar-refractivity contribution is 0.296. The van der Waals surface area contributed by atoms with Gasteiger partial charge in [0, 0.05) is 19.6 Å². The van der Waals surface area contributed by atoms with Crippen LogP contribution in [0.3, 0.4) is 0 Å². The number of rotatable bonds is 4. The molecule has 1 heterocycles. The molecule has 0 bridgehead atoms. The highest BCUT2D eigenvalue weighted by Crippen LogP contribution is 2.24. The van der Waals surface area contributed by atoms with Gasteiger partial charge in [0.2, 0.25) is 0 Å². The molecule has 3 heteroatoms. The normalized spacial score (nSPS) is 17.2. The van der Waals surface area contributed by atoms with E-state index >= 15 is 0 Å². The molecule has 1 aliphatic heterocycles. The van der Waals surface area contributed by atoms with E-state index in [1.165, 1.54) is 36.2 Å². The standard InChI is InChI=1S/C16H26N2O/c1-13-14(2)16(19-3)6-5-15(13)7-11-18-10-4-8-17-9-12-18/h5-6,17H,4,7-12H2,1-3H3. The maximum absolute atomic E-state index is 5.37. The van der Waals surface area contributed by atoms with Gasteiger partial charge in [0.05, 0.1) is 7.11 Å². The van der Waals surface area contributed by atoms with Crippen LogP contribution in [0.2, 0.25) is 0 Å². The van der Waals surface area contributed by atoms with Crippen LogP contribution in [0.15, 0.2) is 12.1 Å². The van der Waals surface area contributed by atoms with Crippen molar-refractivity contribution in [2.45, 2.75) is 26.7 Å². The van der Waals surface area contributed by atoms with E-state index in [9.17, 15) is 0 Å². The lowest BCUT2D eigenvalue weighted by Crippen LogP contribution is -2.30. The molecule has 1 aliphatic rings. The van der Waals surface area contributed by atoms with Crippen molar-refractivity contribution in [2.24, 2.45) is 0 Å². The van der Waals surface area contributed by atoms with E-state index in [0.717, 1.165) is 31.8 Å². The Bertz CT molecular complexity index is 409. The molecule has 0 unspecified atom stereocenters. The van der Waals surface area contributed by atoms with Crippen molar-refractivity contribution in [1.82, 2.24) is 10.2 Å². The Hall–Kier alpha value is -1.06. The number of ether oxygens (including phenoxy) is 1. The molecular formula is C16H26N2O. The minimum atomic E-state index is 1.00. The third-order valence-electron chi connectivity index (χ3n) is 4.20. The van der Waals surface area contributed by atoms with Gasteiger partial charge in [-0.3, -0.25) is 0 Å². The maximum atomic E-state index is 5.37. The summed E-state index contributed by atoms with van der Waals surface area (Å²) in [5.74, 6) is 1.00. The van der Waals surface area contributed by atoms with Crippen molar-refractivity contribution in [3.8, 4) is 5.75 Å². The van der Waals surface area contributed by atoms with Gasteiger partial charge in [-0.25, -0.2) is 0 Å². The predicted molar refractivity (Wildman–Crippen MR) is 80.1 cm³/mol. The van der Waals surface area contributed by atoms with E-state index in [2.05, 4.69) is 36.2 Å². The van der Waals surface area contributed by atoms with E-state index in [1.54, 1.807) is 7.11 Å². The van der Waals surface area contributed by atoms with Crippen LogP contribution in [-0.4, -0.2) is 44.7 Å². The van der Waals surface area contributed by atoms with Crippen LogP contribution in [0.4, 0.5) is 0 Å². The third kappa shape index (κ3) is 3.71. The first-order valence-corrected chi connectivity index (χ1v) is 7.28. The van der Waals surface area contributed by atoms with Crippen LogP contribution in [0, 0.1) is 13.8 Å². The first kappa shape index (κ1) is 14.4. The topological polar surface area (TPSA) is 24.5 Å². The number of hydrogen-bond acceptors (Lipinski definition) is 3. The molecule has 0 aromatic heterocycles. The molecule has 0 aliphatic carbocycles. The van der Waals surface area contributed by atoms with Gasteiger partial charge in [-0.05, 0) is 62.5 Å². The summed E-state index contributed by atoms with van der Waals surface area (Å²) < 4.78 is 5.37. The van der Waals surface area contributed by atoms with Gasteiger partial charge in [-0.2, -0.15) is 0 Å². The van der Waals surface area contributed by atoms with Gasteiger partial charge in [0.15, 0.2) is 0 Å². The summed E-state index contributed by atoms with van der Waals surface area (Å²) >= 11 is 0. The molecule has 0 saturated carbocycles. The summed E-state index contributed by atoms with van der Waals surface area (Å²) in [5.41, 5.74) is 4.11. The summed E-state index contributed by atoms with van der Waals surface area (Å²) in [6.07, 6.45) is 2.40. The molecule has 2 rings (SSSR count). The van der Waals surface area contributed by atoms with Crippen LogP contribution in [0.25, 0.3) is 0 Å². The van der Waals surface area contributed by atoms with E-state index in [0.29, 0.717) is 0 Å². The summed E-state index contributed by atoms with van der Waals surface area (Å²) in [7, 11) is 1.74. The molecule has 1 fully saturated rings. The minimum absolute atomic E-state index is 1.00. The Labute approximate surface area is 116 Å². The molecule has 3 nitrogen and oxygen atoms in total. The molecule has 19 heavy (non-hydrogen) atoms. The fraction of sp³-hybridized carbons (Fsp3) is 0.625. The zero-order valence-corrected chi connectivity index (χ0v) is 12.5.